The summed E-state index contributed by atoms with van der Waals surface area (Å²) in [7, 11) is -2.28. The maximum absolute atomic E-state index is 12.3. The van der Waals surface area contributed by atoms with Crippen molar-refractivity contribution in [3.63, 3.8) is 0 Å². The van der Waals surface area contributed by atoms with Crippen LogP contribution in [0.3, 0.4) is 0 Å². The first kappa shape index (κ1) is 14.6. The molecular weight excluding hydrogens is 278 g/mol. The largest absolute Gasteiger partial charge is 0.506 e. The van der Waals surface area contributed by atoms with Crippen LogP contribution in [-0.2, 0) is 16.9 Å². The molecule has 0 saturated carbocycles. The van der Waals surface area contributed by atoms with Gasteiger partial charge in [0.25, 0.3) is 5.56 Å². The van der Waals surface area contributed by atoms with Gasteiger partial charge in [-0.25, -0.2) is 8.42 Å². The van der Waals surface area contributed by atoms with Gasteiger partial charge in [-0.3, -0.25) is 4.79 Å². The Labute approximate surface area is 117 Å². The zero-order chi connectivity index (χ0) is 14.9. The minimum atomic E-state index is -3.78. The molecule has 0 aliphatic carbocycles. The fourth-order valence-electron chi connectivity index (χ4n) is 2.17. The van der Waals surface area contributed by atoms with Gasteiger partial charge >= 0.3 is 0 Å². The van der Waals surface area contributed by atoms with E-state index in [9.17, 15) is 18.3 Å². The molecule has 0 fully saturated rings. The lowest BCUT2D eigenvalue weighted by molar-refractivity contribution is 0.460. The number of nitrogens with zero attached hydrogens (tertiary/aromatic N) is 1. The van der Waals surface area contributed by atoms with E-state index in [0.717, 1.165) is 0 Å². The number of aromatic nitrogens is 1. The summed E-state index contributed by atoms with van der Waals surface area (Å²) in [5.74, 6) is -0.579. The summed E-state index contributed by atoms with van der Waals surface area (Å²) in [4.78, 5) is 11.7. The molecule has 0 unspecified atom stereocenters. The molecule has 6 heteroatoms. The second-order valence-corrected chi connectivity index (χ2v) is 6.78. The van der Waals surface area contributed by atoms with E-state index >= 15 is 0 Å². The molecule has 0 saturated heterocycles. The molecule has 0 spiro atoms. The van der Waals surface area contributed by atoms with Gasteiger partial charge in [0.05, 0.1) is 11.3 Å². The van der Waals surface area contributed by atoms with Crippen LogP contribution in [0.1, 0.15) is 19.8 Å². The first-order valence-corrected chi connectivity index (χ1v) is 8.09. The maximum Gasteiger partial charge on any atom is 0.273 e. The van der Waals surface area contributed by atoms with Crippen LogP contribution in [-0.4, -0.2) is 23.8 Å². The van der Waals surface area contributed by atoms with Crippen molar-refractivity contribution in [3.05, 3.63) is 34.6 Å². The van der Waals surface area contributed by atoms with Crippen LogP contribution in [0.5, 0.6) is 5.75 Å². The average Bonchev–Trinajstić information content (AvgIpc) is 2.43. The molecule has 0 bridgehead atoms. The Morgan fingerprint density at radius 1 is 1.25 bits per heavy atom. The monoisotopic (exact) mass is 295 g/mol. The number of hydrogen-bond donors (Lipinski definition) is 1. The highest BCUT2D eigenvalue weighted by molar-refractivity contribution is 7.91. The van der Waals surface area contributed by atoms with Crippen molar-refractivity contribution in [3.8, 4) is 5.75 Å². The summed E-state index contributed by atoms with van der Waals surface area (Å²) in [6.07, 6.45) is 1.16. The Kier molecular flexibility index (Phi) is 3.85. The third kappa shape index (κ3) is 2.31. The highest BCUT2D eigenvalue weighted by Crippen LogP contribution is 2.29. The molecule has 5 nitrogen and oxygen atoms in total. The molecule has 0 aliphatic heterocycles. The van der Waals surface area contributed by atoms with Crippen molar-refractivity contribution < 1.29 is 13.5 Å². The van der Waals surface area contributed by atoms with Crippen LogP contribution in [0.25, 0.3) is 10.9 Å². The molecule has 0 amide bonds. The van der Waals surface area contributed by atoms with Gasteiger partial charge < -0.3 is 9.67 Å². The zero-order valence-electron chi connectivity index (χ0n) is 11.5. The van der Waals surface area contributed by atoms with Crippen molar-refractivity contribution in [1.82, 2.24) is 4.57 Å². The van der Waals surface area contributed by atoms with E-state index in [4.69, 9.17) is 0 Å². The third-order valence-electron chi connectivity index (χ3n) is 3.31. The molecular formula is C14H17NO4S. The number of rotatable bonds is 4. The van der Waals surface area contributed by atoms with E-state index in [2.05, 4.69) is 0 Å². The summed E-state index contributed by atoms with van der Waals surface area (Å²) in [6, 6.07) is 6.68. The summed E-state index contributed by atoms with van der Waals surface area (Å²) < 4.78 is 25.8. The van der Waals surface area contributed by atoms with E-state index in [-0.39, 0.29) is 5.75 Å². The molecule has 2 rings (SSSR count). The number of benzene rings is 1. The summed E-state index contributed by atoms with van der Waals surface area (Å²) >= 11 is 0. The highest BCUT2D eigenvalue weighted by Gasteiger charge is 2.25. The normalized spacial score (nSPS) is 11.9. The van der Waals surface area contributed by atoms with E-state index in [0.29, 0.717) is 23.7 Å². The fraction of sp³-hybridized carbons (Fsp3) is 0.357. The van der Waals surface area contributed by atoms with Crippen LogP contribution in [0.15, 0.2) is 34.0 Å². The SMILES string of the molecule is CCCCS(=O)(=O)c1c(O)c2ccccc2n(C)c1=O. The van der Waals surface area contributed by atoms with Gasteiger partial charge in [-0.2, -0.15) is 0 Å². The predicted octanol–water partition coefficient (Wildman–Crippen LogP) is 1.82. The van der Waals surface area contributed by atoms with Gasteiger partial charge in [-0.05, 0) is 18.6 Å². The molecule has 2 aromatic rings. The molecule has 1 aromatic carbocycles. The standard InChI is InChI=1S/C14H17NO4S/c1-3-4-9-20(18,19)13-12(16)10-7-5-6-8-11(10)15(2)14(13)17/h5-8,16H,3-4,9H2,1-2H3. The topological polar surface area (TPSA) is 76.4 Å². The number of fused-ring (bicyclic) bond motifs is 1. The predicted molar refractivity (Wildman–Crippen MR) is 77.8 cm³/mol. The number of hydrogen-bond acceptors (Lipinski definition) is 4. The third-order valence-corrected chi connectivity index (χ3v) is 5.13. The lowest BCUT2D eigenvalue weighted by Gasteiger charge is -2.11. The maximum atomic E-state index is 12.3. The van der Waals surface area contributed by atoms with Crippen molar-refractivity contribution in [2.24, 2.45) is 7.05 Å². The first-order chi connectivity index (χ1) is 9.40. The quantitative estimate of drug-likeness (QED) is 0.933. The Morgan fingerprint density at radius 2 is 1.90 bits per heavy atom. The Morgan fingerprint density at radius 3 is 2.55 bits per heavy atom. The van der Waals surface area contributed by atoms with Gasteiger partial charge in [0.15, 0.2) is 14.7 Å². The van der Waals surface area contributed by atoms with E-state index in [1.54, 1.807) is 24.3 Å². The van der Waals surface area contributed by atoms with Crippen LogP contribution in [0, 0.1) is 0 Å². The van der Waals surface area contributed by atoms with E-state index in [1.165, 1.54) is 11.6 Å². The van der Waals surface area contributed by atoms with Crippen molar-refractivity contribution >= 4 is 20.7 Å². The molecule has 1 N–H and O–H groups in total. The van der Waals surface area contributed by atoms with Gasteiger partial charge in [0.2, 0.25) is 0 Å². The molecule has 108 valence electrons. The summed E-state index contributed by atoms with van der Waals surface area (Å²) in [5, 5.41) is 10.6. The smallest absolute Gasteiger partial charge is 0.273 e. The summed E-state index contributed by atoms with van der Waals surface area (Å²) in [5.41, 5.74) is -0.179. The lowest BCUT2D eigenvalue weighted by Crippen LogP contribution is -2.25. The van der Waals surface area contributed by atoms with Crippen LogP contribution >= 0.6 is 0 Å². The lowest BCUT2D eigenvalue weighted by atomic mass is 10.2. The zero-order valence-corrected chi connectivity index (χ0v) is 12.3. The second kappa shape index (κ2) is 5.28. The molecule has 1 aromatic heterocycles. The second-order valence-electron chi connectivity index (χ2n) is 4.73. The summed E-state index contributed by atoms with van der Waals surface area (Å²) in [6.45, 7) is 1.87. The fourth-order valence-corrected chi connectivity index (χ4v) is 3.85. The van der Waals surface area contributed by atoms with Gasteiger partial charge in [-0.15, -0.1) is 0 Å². The number of para-hydroxylation sites is 1. The van der Waals surface area contributed by atoms with Crippen molar-refractivity contribution in [2.75, 3.05) is 5.75 Å². The Bertz CT molecular complexity index is 806. The van der Waals surface area contributed by atoms with Crippen molar-refractivity contribution in [1.29, 1.82) is 0 Å². The van der Waals surface area contributed by atoms with E-state index in [1.807, 2.05) is 6.92 Å². The Balaban J connectivity index is 2.81. The number of sulfone groups is 1. The van der Waals surface area contributed by atoms with Gasteiger partial charge in [-0.1, -0.05) is 25.5 Å². The number of unbranched alkanes of at least 4 members (excludes halogenated alkanes) is 1. The van der Waals surface area contributed by atoms with Crippen LogP contribution in [0.4, 0.5) is 0 Å². The number of pyridine rings is 1. The van der Waals surface area contributed by atoms with Gasteiger partial charge in [0.1, 0.15) is 5.75 Å². The minimum Gasteiger partial charge on any atom is -0.506 e. The minimum absolute atomic E-state index is 0.134. The van der Waals surface area contributed by atoms with Crippen LogP contribution in [0.2, 0.25) is 0 Å². The molecule has 1 heterocycles. The molecule has 0 aliphatic rings. The molecule has 0 atom stereocenters. The number of aryl methyl sites for hydroxylation is 1. The van der Waals surface area contributed by atoms with Crippen LogP contribution < -0.4 is 5.56 Å². The van der Waals surface area contributed by atoms with E-state index < -0.39 is 26.0 Å². The number of aromatic hydroxyl groups is 1. The van der Waals surface area contributed by atoms with Crippen molar-refractivity contribution in [2.45, 2.75) is 24.7 Å². The average molecular weight is 295 g/mol. The van der Waals surface area contributed by atoms with Gasteiger partial charge in [0, 0.05) is 12.4 Å². The molecule has 20 heavy (non-hydrogen) atoms. The highest BCUT2D eigenvalue weighted by atomic mass is 32.2. The molecule has 0 radical (unpaired) electrons. The Hall–Kier alpha value is -1.82. The first-order valence-electron chi connectivity index (χ1n) is 6.43.